The molecule has 5 nitrogen and oxygen atoms in total. The Labute approximate surface area is 118 Å². The number of aromatic nitrogens is 3. The van der Waals surface area contributed by atoms with Crippen LogP contribution >= 0.6 is 11.3 Å². The summed E-state index contributed by atoms with van der Waals surface area (Å²) in [5.74, 6) is 0.108. The fourth-order valence-electron chi connectivity index (χ4n) is 1.73. The zero-order valence-electron chi connectivity index (χ0n) is 10.4. The molecule has 2 aromatic heterocycles. The number of hydrogen-bond donors (Lipinski definition) is 1. The van der Waals surface area contributed by atoms with Crippen LogP contribution in [0.3, 0.4) is 0 Å². The zero-order valence-corrected chi connectivity index (χ0v) is 11.2. The van der Waals surface area contributed by atoms with E-state index in [4.69, 9.17) is 10.3 Å². The Kier molecular flexibility index (Phi) is 3.53. The summed E-state index contributed by atoms with van der Waals surface area (Å²) in [5, 5.41) is 6.53. The van der Waals surface area contributed by atoms with Crippen molar-refractivity contribution in [2.45, 2.75) is 6.42 Å². The van der Waals surface area contributed by atoms with Crippen LogP contribution in [-0.2, 0) is 6.42 Å². The molecule has 7 heteroatoms. The third-order valence-corrected chi connectivity index (χ3v) is 3.58. The van der Waals surface area contributed by atoms with Crippen LogP contribution in [0.1, 0.15) is 5.01 Å². The fraction of sp³-hybridized carbons (Fsp3) is 0.154. The molecule has 0 spiro atoms. The van der Waals surface area contributed by atoms with Crippen LogP contribution in [0, 0.1) is 5.82 Å². The summed E-state index contributed by atoms with van der Waals surface area (Å²) >= 11 is 1.48. The van der Waals surface area contributed by atoms with E-state index < -0.39 is 0 Å². The first kappa shape index (κ1) is 12.9. The lowest BCUT2D eigenvalue weighted by Gasteiger charge is -1.94. The molecule has 0 radical (unpaired) electrons. The quantitative estimate of drug-likeness (QED) is 0.798. The summed E-state index contributed by atoms with van der Waals surface area (Å²) in [6.07, 6.45) is 0.707. The van der Waals surface area contributed by atoms with Gasteiger partial charge in [-0.05, 0) is 18.7 Å². The topological polar surface area (TPSA) is 77.8 Å². The van der Waals surface area contributed by atoms with Crippen LogP contribution in [0.5, 0.6) is 0 Å². The molecule has 0 aliphatic carbocycles. The molecule has 0 aliphatic rings. The monoisotopic (exact) mass is 290 g/mol. The van der Waals surface area contributed by atoms with Crippen LogP contribution in [0.4, 0.5) is 4.39 Å². The lowest BCUT2D eigenvalue weighted by molar-refractivity contribution is 0.430. The first-order valence-electron chi connectivity index (χ1n) is 6.01. The number of halogens is 1. The second-order valence-electron chi connectivity index (χ2n) is 4.07. The van der Waals surface area contributed by atoms with Gasteiger partial charge >= 0.3 is 0 Å². The van der Waals surface area contributed by atoms with Crippen LogP contribution in [0.25, 0.3) is 23.0 Å². The third-order valence-electron chi connectivity index (χ3n) is 2.67. The summed E-state index contributed by atoms with van der Waals surface area (Å²) in [6, 6.07) is 6.29. The Morgan fingerprint density at radius 2 is 2.10 bits per heavy atom. The van der Waals surface area contributed by atoms with Gasteiger partial charge in [-0.15, -0.1) is 11.3 Å². The maximum absolute atomic E-state index is 13.6. The molecule has 0 unspecified atom stereocenters. The number of nitrogens with two attached hydrogens (primary N) is 1. The van der Waals surface area contributed by atoms with Crippen molar-refractivity contribution < 1.29 is 8.91 Å². The third kappa shape index (κ3) is 2.45. The van der Waals surface area contributed by atoms with E-state index in [1.165, 1.54) is 17.4 Å². The SMILES string of the molecule is NCCc1nc(-c2nc(-c3ccccc3F)no2)cs1. The van der Waals surface area contributed by atoms with E-state index in [-0.39, 0.29) is 17.5 Å². The van der Waals surface area contributed by atoms with Crippen molar-refractivity contribution in [2.75, 3.05) is 6.54 Å². The largest absolute Gasteiger partial charge is 0.332 e. The van der Waals surface area contributed by atoms with Gasteiger partial charge in [-0.3, -0.25) is 0 Å². The summed E-state index contributed by atoms with van der Waals surface area (Å²) in [4.78, 5) is 8.53. The minimum Gasteiger partial charge on any atom is -0.332 e. The van der Waals surface area contributed by atoms with E-state index in [9.17, 15) is 4.39 Å². The summed E-state index contributed by atoms with van der Waals surface area (Å²) in [6.45, 7) is 0.539. The molecule has 3 aromatic rings. The molecule has 102 valence electrons. The van der Waals surface area contributed by atoms with Crippen molar-refractivity contribution in [2.24, 2.45) is 5.73 Å². The Morgan fingerprint density at radius 1 is 1.25 bits per heavy atom. The number of thiazole rings is 1. The highest BCUT2D eigenvalue weighted by Gasteiger charge is 2.15. The Morgan fingerprint density at radius 3 is 2.90 bits per heavy atom. The van der Waals surface area contributed by atoms with Crippen molar-refractivity contribution >= 4 is 11.3 Å². The zero-order chi connectivity index (χ0) is 13.9. The number of hydrogen-bond acceptors (Lipinski definition) is 6. The fourth-order valence-corrected chi connectivity index (χ4v) is 2.51. The van der Waals surface area contributed by atoms with E-state index >= 15 is 0 Å². The highest BCUT2D eigenvalue weighted by Crippen LogP contribution is 2.25. The van der Waals surface area contributed by atoms with Gasteiger partial charge in [-0.25, -0.2) is 9.37 Å². The Balaban J connectivity index is 1.91. The minimum atomic E-state index is -0.387. The van der Waals surface area contributed by atoms with Gasteiger partial charge in [0.15, 0.2) is 0 Å². The highest BCUT2D eigenvalue weighted by molar-refractivity contribution is 7.09. The molecule has 3 rings (SSSR count). The molecule has 0 fully saturated rings. The molecule has 1 aromatic carbocycles. The molecular weight excluding hydrogens is 279 g/mol. The summed E-state index contributed by atoms with van der Waals surface area (Å²) in [5.41, 5.74) is 6.38. The predicted octanol–water partition coefficient (Wildman–Crippen LogP) is 2.50. The van der Waals surface area contributed by atoms with E-state index in [0.717, 1.165) is 5.01 Å². The predicted molar refractivity (Wildman–Crippen MR) is 73.6 cm³/mol. The van der Waals surface area contributed by atoms with Crippen LogP contribution in [0.15, 0.2) is 34.2 Å². The average molecular weight is 290 g/mol. The average Bonchev–Trinajstić information content (AvgIpc) is 3.08. The molecule has 0 saturated carbocycles. The highest BCUT2D eigenvalue weighted by atomic mass is 32.1. The van der Waals surface area contributed by atoms with E-state index in [2.05, 4.69) is 15.1 Å². The van der Waals surface area contributed by atoms with Gasteiger partial charge in [0, 0.05) is 11.8 Å². The van der Waals surface area contributed by atoms with E-state index in [1.807, 2.05) is 5.38 Å². The molecule has 20 heavy (non-hydrogen) atoms. The van der Waals surface area contributed by atoms with Gasteiger partial charge in [-0.1, -0.05) is 17.3 Å². The Bertz CT molecular complexity index is 724. The molecule has 0 amide bonds. The molecule has 2 heterocycles. The van der Waals surface area contributed by atoms with Gasteiger partial charge in [0.2, 0.25) is 5.82 Å². The van der Waals surface area contributed by atoms with Crippen molar-refractivity contribution in [3.8, 4) is 23.0 Å². The standard InChI is InChI=1S/C13H11FN4OS/c14-9-4-2-1-3-8(9)12-17-13(19-18-12)10-7-20-11(16-10)5-6-15/h1-4,7H,5-6,15H2. The van der Waals surface area contributed by atoms with Gasteiger partial charge in [0.05, 0.1) is 10.6 Å². The number of benzene rings is 1. The first-order valence-corrected chi connectivity index (χ1v) is 6.89. The maximum Gasteiger partial charge on any atom is 0.277 e. The minimum absolute atomic E-state index is 0.214. The second-order valence-corrected chi connectivity index (χ2v) is 5.01. The van der Waals surface area contributed by atoms with Crippen LogP contribution in [0.2, 0.25) is 0 Å². The smallest absolute Gasteiger partial charge is 0.277 e. The Hall–Kier alpha value is -2.12. The molecule has 0 bridgehead atoms. The normalized spacial score (nSPS) is 10.9. The van der Waals surface area contributed by atoms with Gasteiger partial charge in [0.1, 0.15) is 11.5 Å². The molecule has 2 N–H and O–H groups in total. The van der Waals surface area contributed by atoms with Crippen LogP contribution < -0.4 is 5.73 Å². The van der Waals surface area contributed by atoms with Crippen molar-refractivity contribution in [1.82, 2.24) is 15.1 Å². The van der Waals surface area contributed by atoms with Crippen molar-refractivity contribution in [3.05, 3.63) is 40.5 Å². The van der Waals surface area contributed by atoms with Crippen molar-refractivity contribution in [1.29, 1.82) is 0 Å². The molecule has 0 atom stereocenters. The number of nitrogens with zero attached hydrogens (tertiary/aromatic N) is 3. The summed E-state index contributed by atoms with van der Waals surface area (Å²) in [7, 11) is 0. The van der Waals surface area contributed by atoms with E-state index in [0.29, 0.717) is 24.2 Å². The van der Waals surface area contributed by atoms with Gasteiger partial charge in [-0.2, -0.15) is 4.98 Å². The maximum atomic E-state index is 13.6. The van der Waals surface area contributed by atoms with Gasteiger partial charge in [0.25, 0.3) is 5.89 Å². The van der Waals surface area contributed by atoms with E-state index in [1.54, 1.807) is 18.2 Å². The molecular formula is C13H11FN4OS. The first-order chi connectivity index (χ1) is 9.78. The number of rotatable bonds is 4. The van der Waals surface area contributed by atoms with Crippen molar-refractivity contribution in [3.63, 3.8) is 0 Å². The molecule has 0 aliphatic heterocycles. The molecule has 0 saturated heterocycles. The second kappa shape index (κ2) is 5.48. The van der Waals surface area contributed by atoms with Gasteiger partial charge < -0.3 is 10.3 Å². The van der Waals surface area contributed by atoms with Crippen LogP contribution in [-0.4, -0.2) is 21.7 Å². The lowest BCUT2D eigenvalue weighted by atomic mass is 10.2. The summed E-state index contributed by atoms with van der Waals surface area (Å²) < 4.78 is 18.8. The lowest BCUT2D eigenvalue weighted by Crippen LogP contribution is -2.01.